The number of carbonyl (C=O) groups excluding carboxylic acids is 2. The summed E-state index contributed by atoms with van der Waals surface area (Å²) in [5.74, 6) is -6.36. The molecule has 12 nitrogen and oxygen atoms in total. The fraction of sp³-hybridized carbons (Fsp3) is 0.576. The first-order chi connectivity index (χ1) is 24.7. The van der Waals surface area contributed by atoms with Crippen LogP contribution in [0.25, 0.3) is 22.1 Å². The number of hydrazine groups is 2. The maximum absolute atomic E-state index is 13.1. The molecule has 0 radical (unpaired) electrons. The van der Waals surface area contributed by atoms with Gasteiger partial charge in [0.1, 0.15) is 29.7 Å². The number of nitrogens with zero attached hydrogens (tertiary/aromatic N) is 8. The van der Waals surface area contributed by atoms with Crippen LogP contribution >= 0.6 is 0 Å². The predicted octanol–water partition coefficient (Wildman–Crippen LogP) is 6.20. The summed E-state index contributed by atoms with van der Waals surface area (Å²) < 4.78 is 87.8. The Kier molecular flexibility index (Phi) is 12.3. The molecule has 0 bridgehead atoms. The minimum absolute atomic E-state index is 0.0157. The Balaban J connectivity index is 0.000000203. The largest absolute Gasteiger partial charge is 0.461 e. The van der Waals surface area contributed by atoms with E-state index in [2.05, 4.69) is 34.9 Å². The van der Waals surface area contributed by atoms with Crippen LogP contribution in [0.2, 0.25) is 0 Å². The number of H-pyrrole nitrogens is 2. The summed E-state index contributed by atoms with van der Waals surface area (Å²) in [5, 5.41) is 9.50. The van der Waals surface area contributed by atoms with E-state index in [1.807, 2.05) is 40.4 Å². The lowest BCUT2D eigenvalue weighted by molar-refractivity contribution is -0.268. The molecule has 2 atom stereocenters. The Bertz CT molecular complexity index is 1800. The number of fused-ring (bicyclic) bond motifs is 2. The number of rotatable bonds is 12. The lowest BCUT2D eigenvalue weighted by atomic mass is 9.92. The first-order valence-corrected chi connectivity index (χ1v) is 17.0. The first kappa shape index (κ1) is 38.8. The first-order valence-electron chi connectivity index (χ1n) is 17.0. The third-order valence-corrected chi connectivity index (χ3v) is 9.58. The number of alkyl halides is 7. The van der Waals surface area contributed by atoms with Gasteiger partial charge in [-0.05, 0) is 50.2 Å². The van der Waals surface area contributed by atoms with Gasteiger partial charge in [0, 0.05) is 77.8 Å². The zero-order valence-electron chi connectivity index (χ0n) is 28.7. The molecule has 2 unspecified atom stereocenters. The molecule has 0 aromatic carbocycles. The van der Waals surface area contributed by atoms with Crippen LogP contribution in [0.5, 0.6) is 0 Å². The van der Waals surface area contributed by atoms with Gasteiger partial charge in [0.05, 0.1) is 10.8 Å². The normalized spacial score (nSPS) is 19.1. The number of Topliss-reactive ketones (excluding diaryl/α,β-unsaturated/α-hetero) is 2. The van der Waals surface area contributed by atoms with E-state index in [4.69, 9.17) is 0 Å². The molecule has 0 saturated carbocycles. The maximum Gasteiger partial charge on any atom is 0.461 e. The summed E-state index contributed by atoms with van der Waals surface area (Å²) in [6.07, 6.45) is 0.0109. The number of anilines is 2. The van der Waals surface area contributed by atoms with Crippen LogP contribution in [0.1, 0.15) is 51.4 Å². The van der Waals surface area contributed by atoms with Crippen LogP contribution in [0, 0.1) is 11.8 Å². The van der Waals surface area contributed by atoms with E-state index in [1.165, 1.54) is 12.7 Å². The third-order valence-electron chi connectivity index (χ3n) is 9.58. The Labute approximate surface area is 294 Å². The minimum Gasteiger partial charge on any atom is -0.346 e. The van der Waals surface area contributed by atoms with E-state index in [0.717, 1.165) is 48.0 Å². The number of halogens is 7. The summed E-state index contributed by atoms with van der Waals surface area (Å²) in [5.41, 5.74) is 1.43. The summed E-state index contributed by atoms with van der Waals surface area (Å²) in [6.45, 7) is 2.48. The highest BCUT2D eigenvalue weighted by atomic mass is 19.4. The third kappa shape index (κ3) is 8.97. The van der Waals surface area contributed by atoms with Gasteiger partial charge in [-0.15, -0.1) is 0 Å². The van der Waals surface area contributed by atoms with Crippen LogP contribution in [0.3, 0.4) is 0 Å². The number of aromatic amines is 2. The van der Waals surface area contributed by atoms with Crippen molar-refractivity contribution in [1.29, 1.82) is 0 Å². The molecule has 0 spiro atoms. The van der Waals surface area contributed by atoms with Gasteiger partial charge in [0.25, 0.3) is 0 Å². The predicted molar refractivity (Wildman–Crippen MR) is 179 cm³/mol. The second kappa shape index (κ2) is 16.5. The topological polar surface area (TPSA) is 130 Å². The van der Waals surface area contributed by atoms with Crippen molar-refractivity contribution in [3.05, 3.63) is 37.2 Å². The second-order valence-electron chi connectivity index (χ2n) is 13.0. The van der Waals surface area contributed by atoms with Gasteiger partial charge in [0.15, 0.2) is 11.6 Å². The maximum atomic E-state index is 13.1. The average molecular weight is 743 g/mol. The molecule has 0 aliphatic carbocycles. The number of ketones is 2. The molecule has 2 aliphatic heterocycles. The molecule has 2 N–H and O–H groups in total. The zero-order valence-corrected chi connectivity index (χ0v) is 28.7. The SMILES string of the molecule is CN(c1ncnc2[nH]ccc12)N1CCCC(C(=O)CCC(F)F)C1.CN(c1ncnc2[nH]ccc12)N1CCCC(CCC(=O)C(F)(F)C(F)(F)F)C1. The number of aromatic nitrogens is 6. The Hall–Kier alpha value is -4.39. The molecular weight excluding hydrogens is 701 g/mol. The molecule has 2 fully saturated rings. The van der Waals surface area contributed by atoms with E-state index in [0.29, 0.717) is 37.5 Å². The smallest absolute Gasteiger partial charge is 0.346 e. The molecule has 0 amide bonds. The molecule has 4 aromatic heterocycles. The van der Waals surface area contributed by atoms with Crippen molar-refractivity contribution in [2.45, 2.75) is 69.9 Å². The molecule has 52 heavy (non-hydrogen) atoms. The van der Waals surface area contributed by atoms with E-state index >= 15 is 0 Å². The fourth-order valence-electron chi connectivity index (χ4n) is 6.65. The second-order valence-corrected chi connectivity index (χ2v) is 13.0. The molecule has 2 aliphatic rings. The number of hydrogen-bond acceptors (Lipinski definition) is 10. The Morgan fingerprint density at radius 2 is 1.37 bits per heavy atom. The lowest BCUT2D eigenvalue weighted by Gasteiger charge is -2.39. The van der Waals surface area contributed by atoms with Gasteiger partial charge >= 0.3 is 12.1 Å². The highest BCUT2D eigenvalue weighted by Crippen LogP contribution is 2.38. The molecule has 6 rings (SSSR count). The number of carbonyl (C=O) groups is 2. The van der Waals surface area contributed by atoms with Crippen molar-refractivity contribution in [3.8, 4) is 0 Å². The monoisotopic (exact) mass is 742 g/mol. The molecule has 4 aromatic rings. The minimum atomic E-state index is -5.85. The van der Waals surface area contributed by atoms with Crippen molar-refractivity contribution in [2.24, 2.45) is 11.8 Å². The van der Waals surface area contributed by atoms with Crippen LogP contribution in [-0.2, 0) is 9.59 Å². The van der Waals surface area contributed by atoms with Gasteiger partial charge in [0.2, 0.25) is 12.2 Å². The average Bonchev–Trinajstić information content (AvgIpc) is 3.82. The van der Waals surface area contributed by atoms with Gasteiger partial charge in [-0.1, -0.05) is 0 Å². The van der Waals surface area contributed by atoms with Gasteiger partial charge in [-0.3, -0.25) is 19.6 Å². The van der Waals surface area contributed by atoms with Crippen LogP contribution < -0.4 is 10.0 Å². The van der Waals surface area contributed by atoms with Crippen molar-refractivity contribution in [3.63, 3.8) is 0 Å². The van der Waals surface area contributed by atoms with E-state index in [-0.39, 0.29) is 36.9 Å². The van der Waals surface area contributed by atoms with Crippen molar-refractivity contribution >= 4 is 45.3 Å². The van der Waals surface area contributed by atoms with Gasteiger partial charge in [-0.25, -0.2) is 38.7 Å². The lowest BCUT2D eigenvalue weighted by Crippen LogP contribution is -2.48. The van der Waals surface area contributed by atoms with Crippen molar-refractivity contribution in [2.75, 3.05) is 50.3 Å². The van der Waals surface area contributed by atoms with E-state index in [9.17, 15) is 40.3 Å². The van der Waals surface area contributed by atoms with E-state index in [1.54, 1.807) is 13.2 Å². The zero-order chi connectivity index (χ0) is 37.6. The summed E-state index contributed by atoms with van der Waals surface area (Å²) >= 11 is 0. The number of piperidine rings is 2. The van der Waals surface area contributed by atoms with Crippen molar-refractivity contribution in [1.82, 2.24) is 39.9 Å². The molecule has 284 valence electrons. The van der Waals surface area contributed by atoms with Gasteiger partial charge < -0.3 is 9.97 Å². The fourth-order valence-corrected chi connectivity index (χ4v) is 6.65. The van der Waals surface area contributed by atoms with Crippen LogP contribution in [0.4, 0.5) is 42.4 Å². The van der Waals surface area contributed by atoms with Crippen molar-refractivity contribution < 1.29 is 40.3 Å². The summed E-state index contributed by atoms with van der Waals surface area (Å²) in [6, 6.07) is 3.75. The molecule has 19 heteroatoms. The van der Waals surface area contributed by atoms with Gasteiger partial charge in [-0.2, -0.15) is 22.0 Å². The Morgan fingerprint density at radius 3 is 1.90 bits per heavy atom. The number of hydrogen-bond donors (Lipinski definition) is 2. The Morgan fingerprint density at radius 1 is 0.827 bits per heavy atom. The molecule has 6 heterocycles. The summed E-state index contributed by atoms with van der Waals surface area (Å²) in [7, 11) is 3.71. The standard InChI is InChI=1S/C17H20F5N5O.C16H21F2N5O/c1-26(15-12-6-7-23-14(12)24-10-25-15)27-8-2-3-11(9-27)4-5-13(28)16(18,19)17(20,21)22;1-22(16-12-6-7-19-15(12)20-10-21-16)23-8-2-3-11(9-23)13(24)4-5-14(17)18/h6-7,10-11H,2-5,8-9H2,1H3,(H,23,24,25);6-7,10-11,14H,2-5,8-9H2,1H3,(H,19,20,21). The molecular formula is C33H41F7N10O2. The van der Waals surface area contributed by atoms with E-state index < -0.39 is 30.7 Å². The van der Waals surface area contributed by atoms with Crippen LogP contribution in [0.15, 0.2) is 37.2 Å². The highest BCUT2D eigenvalue weighted by Gasteiger charge is 2.62. The quantitative estimate of drug-likeness (QED) is 0.162. The summed E-state index contributed by atoms with van der Waals surface area (Å²) in [4.78, 5) is 46.5. The molecule has 2 saturated heterocycles. The number of nitrogens with one attached hydrogen (secondary N) is 2. The van der Waals surface area contributed by atoms with Crippen LogP contribution in [-0.4, -0.2) is 110 Å². The highest BCUT2D eigenvalue weighted by molar-refractivity contribution is 5.88.